The fourth-order valence-electron chi connectivity index (χ4n) is 3.02. The Morgan fingerprint density at radius 1 is 0.808 bits per heavy atom. The van der Waals surface area contributed by atoms with E-state index in [1.54, 1.807) is 0 Å². The Morgan fingerprint density at radius 3 is 1.77 bits per heavy atom. The first-order chi connectivity index (χ1) is 12.8. The van der Waals surface area contributed by atoms with Gasteiger partial charge in [0.05, 0.1) is 19.9 Å². The first-order valence-electron chi connectivity index (χ1n) is 8.67. The van der Waals surface area contributed by atoms with Crippen molar-refractivity contribution in [3.05, 3.63) is 71.8 Å². The molecule has 26 heavy (non-hydrogen) atoms. The lowest BCUT2D eigenvalue weighted by atomic mass is 10.2. The van der Waals surface area contributed by atoms with Crippen molar-refractivity contribution in [2.45, 2.75) is 13.1 Å². The van der Waals surface area contributed by atoms with E-state index in [-0.39, 0.29) is 12.6 Å². The van der Waals surface area contributed by atoms with Crippen LogP contribution in [0.2, 0.25) is 0 Å². The van der Waals surface area contributed by atoms with Crippen LogP contribution in [0, 0.1) is 11.8 Å². The molecule has 0 aromatic heterocycles. The van der Waals surface area contributed by atoms with Gasteiger partial charge < -0.3 is 14.9 Å². The summed E-state index contributed by atoms with van der Waals surface area (Å²) in [6, 6.07) is 20.0. The van der Waals surface area contributed by atoms with E-state index < -0.39 is 0 Å². The van der Waals surface area contributed by atoms with E-state index in [0.29, 0.717) is 33.0 Å². The van der Waals surface area contributed by atoms with E-state index in [9.17, 15) is 4.79 Å². The molecule has 1 fully saturated rings. The highest BCUT2D eigenvalue weighted by atomic mass is 16.2. The number of benzene rings is 2. The van der Waals surface area contributed by atoms with Gasteiger partial charge in [0.25, 0.3) is 0 Å². The number of aliphatic hydroxyl groups is 1. The predicted octanol–water partition coefficient (Wildman–Crippen LogP) is 2.34. The summed E-state index contributed by atoms with van der Waals surface area (Å²) in [6.07, 6.45) is 0. The average molecular weight is 349 g/mol. The summed E-state index contributed by atoms with van der Waals surface area (Å²) in [5.74, 6) is 5.63. The zero-order valence-corrected chi connectivity index (χ0v) is 14.7. The van der Waals surface area contributed by atoms with Crippen molar-refractivity contribution < 1.29 is 9.90 Å². The Kier molecular flexibility index (Phi) is 6.26. The fourth-order valence-corrected chi connectivity index (χ4v) is 3.02. The quantitative estimate of drug-likeness (QED) is 0.843. The zero-order chi connectivity index (χ0) is 18.2. The monoisotopic (exact) mass is 349 g/mol. The number of amides is 2. The number of rotatable bonds is 5. The summed E-state index contributed by atoms with van der Waals surface area (Å²) >= 11 is 0. The van der Waals surface area contributed by atoms with Gasteiger partial charge in [-0.3, -0.25) is 4.90 Å². The third-order valence-electron chi connectivity index (χ3n) is 4.22. The van der Waals surface area contributed by atoms with Crippen LogP contribution >= 0.6 is 0 Å². The van der Waals surface area contributed by atoms with E-state index in [4.69, 9.17) is 5.11 Å². The Bertz CT molecular complexity index is 715. The molecule has 0 spiro atoms. The second-order valence-electron chi connectivity index (χ2n) is 6.27. The van der Waals surface area contributed by atoms with Crippen molar-refractivity contribution in [2.24, 2.45) is 0 Å². The fraction of sp³-hybridized carbons (Fsp3) is 0.286. The summed E-state index contributed by atoms with van der Waals surface area (Å²) in [5.41, 5.74) is 2.20. The largest absolute Gasteiger partial charge is 0.384 e. The highest BCUT2D eigenvalue weighted by Crippen LogP contribution is 2.16. The van der Waals surface area contributed by atoms with Crippen molar-refractivity contribution in [2.75, 3.05) is 26.5 Å². The number of nitrogens with zero attached hydrogens (tertiary/aromatic N) is 3. The lowest BCUT2D eigenvalue weighted by Gasteiger charge is -2.41. The third kappa shape index (κ3) is 4.85. The van der Waals surface area contributed by atoms with Crippen LogP contribution in [-0.4, -0.2) is 52.3 Å². The number of urea groups is 1. The van der Waals surface area contributed by atoms with Crippen LogP contribution in [0.5, 0.6) is 0 Å². The van der Waals surface area contributed by atoms with Crippen molar-refractivity contribution in [1.29, 1.82) is 0 Å². The Hall–Kier alpha value is -2.81. The summed E-state index contributed by atoms with van der Waals surface area (Å²) < 4.78 is 0. The van der Waals surface area contributed by atoms with Gasteiger partial charge >= 0.3 is 6.03 Å². The Labute approximate surface area is 154 Å². The maximum absolute atomic E-state index is 13.0. The predicted molar refractivity (Wildman–Crippen MR) is 101 cm³/mol. The second kappa shape index (κ2) is 9.04. The minimum absolute atomic E-state index is 0.0315. The highest BCUT2D eigenvalue weighted by Gasteiger charge is 2.29. The molecule has 1 aliphatic heterocycles. The molecule has 2 aromatic rings. The molecule has 3 rings (SSSR count). The molecule has 1 N–H and O–H groups in total. The molecule has 0 unspecified atom stereocenters. The number of hydrogen-bond acceptors (Lipinski definition) is 3. The molecule has 1 saturated heterocycles. The minimum Gasteiger partial charge on any atom is -0.384 e. The SMILES string of the molecule is O=C1N(Cc2ccccc2)CN(CC#CCO)CN1Cc1ccccc1. The Balaban J connectivity index is 1.75. The molecule has 2 amide bonds. The van der Waals surface area contributed by atoms with Gasteiger partial charge in [-0.15, -0.1) is 0 Å². The maximum atomic E-state index is 13.0. The molecule has 1 aliphatic rings. The number of aliphatic hydroxyl groups excluding tert-OH is 1. The molecule has 5 nitrogen and oxygen atoms in total. The van der Waals surface area contributed by atoms with E-state index in [0.717, 1.165) is 11.1 Å². The van der Waals surface area contributed by atoms with Gasteiger partial charge in [0.1, 0.15) is 6.61 Å². The second-order valence-corrected chi connectivity index (χ2v) is 6.27. The molecule has 134 valence electrons. The molecular weight excluding hydrogens is 326 g/mol. The molecule has 1 heterocycles. The van der Waals surface area contributed by atoms with Crippen LogP contribution in [0.3, 0.4) is 0 Å². The number of hydrogen-bond donors (Lipinski definition) is 1. The molecule has 0 saturated carbocycles. The van der Waals surface area contributed by atoms with Gasteiger partial charge in [-0.25, -0.2) is 4.79 Å². The highest BCUT2D eigenvalue weighted by molar-refractivity contribution is 5.75. The van der Waals surface area contributed by atoms with Gasteiger partial charge in [0, 0.05) is 13.1 Å². The van der Waals surface area contributed by atoms with Gasteiger partial charge in [-0.1, -0.05) is 72.5 Å². The Morgan fingerprint density at radius 2 is 1.31 bits per heavy atom. The van der Waals surface area contributed by atoms with Crippen LogP contribution in [0.1, 0.15) is 11.1 Å². The maximum Gasteiger partial charge on any atom is 0.322 e. The molecule has 0 radical (unpaired) electrons. The standard InChI is InChI=1S/C21H23N3O2/c25-14-8-7-13-22-17-23(15-19-9-3-1-4-10-19)21(26)24(18-22)16-20-11-5-2-6-12-20/h1-6,9-12,25H,13-18H2. The molecule has 2 aromatic carbocycles. The summed E-state index contributed by atoms with van der Waals surface area (Å²) in [5, 5.41) is 8.86. The number of carbonyl (C=O) groups is 1. The van der Waals surface area contributed by atoms with Gasteiger partial charge in [-0.05, 0) is 11.1 Å². The number of carbonyl (C=O) groups excluding carboxylic acids is 1. The van der Waals surface area contributed by atoms with Crippen LogP contribution in [-0.2, 0) is 13.1 Å². The van der Waals surface area contributed by atoms with Crippen LogP contribution in [0.15, 0.2) is 60.7 Å². The molecule has 5 heteroatoms. The van der Waals surface area contributed by atoms with Crippen LogP contribution in [0.25, 0.3) is 0 Å². The van der Waals surface area contributed by atoms with Crippen molar-refractivity contribution >= 4 is 6.03 Å². The van der Waals surface area contributed by atoms with Gasteiger partial charge in [0.15, 0.2) is 0 Å². The van der Waals surface area contributed by atoms with E-state index in [2.05, 4.69) is 16.7 Å². The van der Waals surface area contributed by atoms with Crippen molar-refractivity contribution in [3.63, 3.8) is 0 Å². The topological polar surface area (TPSA) is 47.0 Å². The van der Waals surface area contributed by atoms with Crippen molar-refractivity contribution in [3.8, 4) is 11.8 Å². The van der Waals surface area contributed by atoms with Crippen LogP contribution < -0.4 is 0 Å². The molecule has 0 atom stereocenters. The van der Waals surface area contributed by atoms with Crippen molar-refractivity contribution in [1.82, 2.24) is 14.7 Å². The smallest absolute Gasteiger partial charge is 0.322 e. The minimum atomic E-state index is -0.145. The van der Waals surface area contributed by atoms with Gasteiger partial charge in [0.2, 0.25) is 0 Å². The molecular formula is C21H23N3O2. The van der Waals surface area contributed by atoms with E-state index in [1.807, 2.05) is 70.5 Å². The zero-order valence-electron chi connectivity index (χ0n) is 14.7. The third-order valence-corrected chi connectivity index (χ3v) is 4.22. The first-order valence-corrected chi connectivity index (χ1v) is 8.67. The molecule has 0 bridgehead atoms. The first kappa shape index (κ1) is 18.0. The lowest BCUT2D eigenvalue weighted by molar-refractivity contribution is 0.0342. The van der Waals surface area contributed by atoms with Crippen LogP contribution in [0.4, 0.5) is 4.79 Å². The lowest BCUT2D eigenvalue weighted by Crippen LogP contribution is -2.57. The van der Waals surface area contributed by atoms with E-state index in [1.165, 1.54) is 0 Å². The summed E-state index contributed by atoms with van der Waals surface area (Å²) in [4.78, 5) is 18.7. The summed E-state index contributed by atoms with van der Waals surface area (Å²) in [6.45, 7) is 2.56. The summed E-state index contributed by atoms with van der Waals surface area (Å²) in [7, 11) is 0. The normalized spacial score (nSPS) is 14.9. The van der Waals surface area contributed by atoms with Gasteiger partial charge in [-0.2, -0.15) is 0 Å². The average Bonchev–Trinajstić information content (AvgIpc) is 2.67. The van der Waals surface area contributed by atoms with E-state index >= 15 is 0 Å². The molecule has 0 aliphatic carbocycles.